The molecule has 0 radical (unpaired) electrons. The third-order valence-electron chi connectivity index (χ3n) is 6.99. The van der Waals surface area contributed by atoms with Crippen LogP contribution in [-0.4, -0.2) is 52.3 Å². The van der Waals surface area contributed by atoms with Gasteiger partial charge in [-0.25, -0.2) is 4.39 Å². The summed E-state index contributed by atoms with van der Waals surface area (Å²) in [5.41, 5.74) is 7.34. The van der Waals surface area contributed by atoms with Crippen LogP contribution in [-0.2, 0) is 22.6 Å². The normalized spacial score (nSPS) is 14.7. The number of ether oxygens (including phenoxy) is 4. The summed E-state index contributed by atoms with van der Waals surface area (Å²) in [6, 6.07) is 7.09. The van der Waals surface area contributed by atoms with E-state index in [1.807, 2.05) is 0 Å². The minimum absolute atomic E-state index is 0.0994. The molecule has 11 heteroatoms. The smallest absolute Gasteiger partial charge is 0.253 e. The molecule has 0 spiro atoms. The van der Waals surface area contributed by atoms with Crippen molar-refractivity contribution in [2.75, 3.05) is 28.4 Å². The lowest BCUT2D eigenvalue weighted by Gasteiger charge is -2.27. The number of carbonyl (C=O) groups is 2. The van der Waals surface area contributed by atoms with Gasteiger partial charge >= 0.3 is 0 Å². The Morgan fingerprint density at radius 3 is 2.33 bits per heavy atom. The molecule has 10 nitrogen and oxygen atoms in total. The van der Waals surface area contributed by atoms with Crippen LogP contribution in [0.1, 0.15) is 49.7 Å². The number of benzene rings is 2. The number of nitrogens with one attached hydrogen (secondary N) is 2. The zero-order valence-electron chi connectivity index (χ0n) is 23.6. The van der Waals surface area contributed by atoms with Crippen molar-refractivity contribution in [1.82, 2.24) is 10.6 Å². The third kappa shape index (κ3) is 8.24. The fourth-order valence-corrected chi connectivity index (χ4v) is 4.96. The highest BCUT2D eigenvalue weighted by Gasteiger charge is 2.25. The third-order valence-corrected chi connectivity index (χ3v) is 6.99. The summed E-state index contributed by atoms with van der Waals surface area (Å²) in [6.07, 6.45) is 5.91. The number of halogens is 1. The van der Waals surface area contributed by atoms with Crippen molar-refractivity contribution in [3.8, 4) is 23.0 Å². The Labute approximate surface area is 234 Å². The summed E-state index contributed by atoms with van der Waals surface area (Å²) in [4.78, 5) is 30.0. The van der Waals surface area contributed by atoms with Crippen LogP contribution in [0.5, 0.6) is 23.0 Å². The molecule has 1 saturated carbocycles. The summed E-state index contributed by atoms with van der Waals surface area (Å²) in [7, 11) is 5.85. The molecule has 1 atom stereocenters. The summed E-state index contributed by atoms with van der Waals surface area (Å²) >= 11 is 0. The topological polar surface area (TPSA) is 134 Å². The largest absolute Gasteiger partial charge is 0.494 e. The lowest BCUT2D eigenvalue weighted by atomic mass is 9.84. The van der Waals surface area contributed by atoms with Gasteiger partial charge in [-0.2, -0.15) is 4.99 Å². The van der Waals surface area contributed by atoms with E-state index < -0.39 is 17.8 Å². The first-order valence-corrected chi connectivity index (χ1v) is 13.3. The summed E-state index contributed by atoms with van der Waals surface area (Å²) < 4.78 is 34.9. The maximum absolute atomic E-state index is 13.8. The van der Waals surface area contributed by atoms with Gasteiger partial charge in [0, 0.05) is 12.1 Å². The summed E-state index contributed by atoms with van der Waals surface area (Å²) in [5, 5.41) is 5.83. The zero-order valence-corrected chi connectivity index (χ0v) is 23.6. The Bertz CT molecular complexity index is 1200. The molecule has 40 heavy (non-hydrogen) atoms. The molecular formula is C29H39FN4O6. The molecule has 2 amide bonds. The fraction of sp³-hybridized carbons (Fsp3) is 0.483. The van der Waals surface area contributed by atoms with E-state index in [-0.39, 0.29) is 30.6 Å². The van der Waals surface area contributed by atoms with E-state index in [9.17, 15) is 14.0 Å². The molecule has 0 aliphatic heterocycles. The Morgan fingerprint density at radius 2 is 1.68 bits per heavy atom. The molecule has 3 rings (SSSR count). The average Bonchev–Trinajstić information content (AvgIpc) is 2.96. The second-order valence-corrected chi connectivity index (χ2v) is 9.68. The molecular weight excluding hydrogens is 519 g/mol. The minimum atomic E-state index is -0.697. The van der Waals surface area contributed by atoms with Crippen LogP contribution >= 0.6 is 0 Å². The van der Waals surface area contributed by atoms with Gasteiger partial charge in [0.2, 0.25) is 11.7 Å². The van der Waals surface area contributed by atoms with Gasteiger partial charge in [0.1, 0.15) is 6.04 Å². The highest BCUT2D eigenvalue weighted by atomic mass is 19.1. The molecule has 1 aliphatic rings. The van der Waals surface area contributed by atoms with E-state index in [0.29, 0.717) is 40.7 Å². The predicted molar refractivity (Wildman–Crippen MR) is 149 cm³/mol. The van der Waals surface area contributed by atoms with E-state index in [2.05, 4.69) is 15.6 Å². The Kier molecular flexibility index (Phi) is 11.4. The van der Waals surface area contributed by atoms with Crippen LogP contribution in [0.3, 0.4) is 0 Å². The predicted octanol–water partition coefficient (Wildman–Crippen LogP) is 3.49. The van der Waals surface area contributed by atoms with E-state index >= 15 is 0 Å². The van der Waals surface area contributed by atoms with E-state index in [4.69, 9.17) is 24.7 Å². The van der Waals surface area contributed by atoms with E-state index in [0.717, 1.165) is 25.7 Å². The first-order chi connectivity index (χ1) is 19.3. The fourth-order valence-electron chi connectivity index (χ4n) is 4.96. The van der Waals surface area contributed by atoms with Gasteiger partial charge in [0.15, 0.2) is 29.0 Å². The lowest BCUT2D eigenvalue weighted by molar-refractivity contribution is -0.123. The number of nitrogens with two attached hydrogens (primary N) is 1. The number of guanidine groups is 1. The van der Waals surface area contributed by atoms with Crippen molar-refractivity contribution in [1.29, 1.82) is 0 Å². The van der Waals surface area contributed by atoms with Gasteiger partial charge in [-0.05, 0) is 36.1 Å². The van der Waals surface area contributed by atoms with E-state index in [1.54, 1.807) is 18.2 Å². The molecule has 0 heterocycles. The molecule has 1 fully saturated rings. The molecule has 1 unspecified atom stereocenters. The van der Waals surface area contributed by atoms with Crippen molar-refractivity contribution in [3.63, 3.8) is 0 Å². The second kappa shape index (κ2) is 14.9. The molecule has 4 N–H and O–H groups in total. The van der Waals surface area contributed by atoms with Crippen LogP contribution in [0.15, 0.2) is 35.3 Å². The van der Waals surface area contributed by atoms with Crippen molar-refractivity contribution in [3.05, 3.63) is 47.3 Å². The van der Waals surface area contributed by atoms with Crippen LogP contribution in [0.2, 0.25) is 0 Å². The number of amides is 2. The van der Waals surface area contributed by atoms with Crippen molar-refractivity contribution < 1.29 is 32.9 Å². The van der Waals surface area contributed by atoms with Crippen LogP contribution < -0.4 is 35.3 Å². The van der Waals surface area contributed by atoms with Crippen molar-refractivity contribution in [2.24, 2.45) is 16.6 Å². The van der Waals surface area contributed by atoms with Gasteiger partial charge in [-0.1, -0.05) is 44.2 Å². The van der Waals surface area contributed by atoms with Gasteiger partial charge < -0.3 is 35.3 Å². The summed E-state index contributed by atoms with van der Waals surface area (Å²) in [5.74, 6) is 0.213. The van der Waals surface area contributed by atoms with Gasteiger partial charge in [-0.15, -0.1) is 0 Å². The monoisotopic (exact) mass is 558 g/mol. The van der Waals surface area contributed by atoms with Crippen LogP contribution in [0.25, 0.3) is 0 Å². The van der Waals surface area contributed by atoms with Gasteiger partial charge in [-0.3, -0.25) is 9.59 Å². The SMILES string of the molecule is COc1cc(CNC(=O)C(CC2CCCCC2)NC(N)=NC(=O)Cc2ccc(OC)c(OC)c2OC)ccc1F. The first kappa shape index (κ1) is 30.5. The Balaban J connectivity index is 1.71. The standard InChI is InChI=1S/C29H39FN4O6/c1-37-23-13-11-20(26(39-3)27(23)40-4)16-25(35)34-29(31)33-22(14-18-8-6-5-7-9-18)28(36)32-17-19-10-12-21(30)24(15-19)38-2/h10-13,15,18,22H,5-9,14,16-17H2,1-4H3,(H,32,36)(H3,31,33,34,35). The number of hydrogen-bond donors (Lipinski definition) is 3. The minimum Gasteiger partial charge on any atom is -0.494 e. The maximum atomic E-state index is 13.8. The molecule has 0 aromatic heterocycles. The molecule has 0 saturated heterocycles. The number of rotatable bonds is 12. The number of nitrogens with zero attached hydrogens (tertiary/aromatic N) is 1. The molecule has 1 aliphatic carbocycles. The average molecular weight is 559 g/mol. The number of carbonyl (C=O) groups excluding carboxylic acids is 2. The summed E-state index contributed by atoms with van der Waals surface area (Å²) in [6.45, 7) is 0.174. The lowest BCUT2D eigenvalue weighted by Crippen LogP contribution is -2.50. The Morgan fingerprint density at radius 1 is 0.975 bits per heavy atom. The maximum Gasteiger partial charge on any atom is 0.253 e. The number of aliphatic imine (C=N–C) groups is 1. The van der Waals surface area contributed by atoms with Crippen LogP contribution in [0.4, 0.5) is 4.39 Å². The Hall–Kier alpha value is -4.02. The highest BCUT2D eigenvalue weighted by molar-refractivity contribution is 5.96. The van der Waals surface area contributed by atoms with Gasteiger partial charge in [0.05, 0.1) is 34.9 Å². The number of methoxy groups -OCH3 is 4. The second-order valence-electron chi connectivity index (χ2n) is 9.68. The molecule has 2 aromatic carbocycles. The molecule has 218 valence electrons. The highest BCUT2D eigenvalue weighted by Crippen LogP contribution is 2.40. The molecule has 2 aromatic rings. The van der Waals surface area contributed by atoms with E-state index in [1.165, 1.54) is 47.0 Å². The van der Waals surface area contributed by atoms with Crippen molar-refractivity contribution in [2.45, 2.75) is 57.5 Å². The first-order valence-electron chi connectivity index (χ1n) is 13.3. The zero-order chi connectivity index (χ0) is 29.1. The quantitative estimate of drug-likeness (QED) is 0.266. The van der Waals surface area contributed by atoms with Gasteiger partial charge in [0.25, 0.3) is 5.91 Å². The molecule has 0 bridgehead atoms. The van der Waals surface area contributed by atoms with Crippen molar-refractivity contribution >= 4 is 17.8 Å². The number of hydrogen-bond acceptors (Lipinski definition) is 6. The van der Waals surface area contributed by atoms with Crippen LogP contribution in [0, 0.1) is 11.7 Å².